The predicted molar refractivity (Wildman–Crippen MR) is 80.4 cm³/mol. The van der Waals surface area contributed by atoms with E-state index >= 15 is 0 Å². The van der Waals surface area contributed by atoms with Crippen LogP contribution in [0.1, 0.15) is 30.1 Å². The topological polar surface area (TPSA) is 23.6 Å². The Hall–Kier alpha value is -1.06. The summed E-state index contributed by atoms with van der Waals surface area (Å²) in [6.45, 7) is 5.47. The second-order valence-electron chi connectivity index (χ2n) is 5.19. The summed E-state index contributed by atoms with van der Waals surface area (Å²) in [5.41, 5.74) is 1.68. The van der Waals surface area contributed by atoms with Gasteiger partial charge in [-0.05, 0) is 44.6 Å². The largest absolute Gasteiger partial charge is 0.367 e. The Balaban J connectivity index is 2.27. The zero-order valence-electron chi connectivity index (χ0n) is 11.6. The van der Waals surface area contributed by atoms with Gasteiger partial charge in [0.25, 0.3) is 0 Å². The average molecular weight is 281 g/mol. The fourth-order valence-corrected chi connectivity index (χ4v) is 2.94. The molecule has 2 rings (SSSR count). The monoisotopic (exact) mass is 280 g/mol. The molecule has 0 saturated carbocycles. The van der Waals surface area contributed by atoms with Gasteiger partial charge < -0.3 is 9.80 Å². The zero-order valence-corrected chi connectivity index (χ0v) is 12.4. The van der Waals surface area contributed by atoms with Gasteiger partial charge in [0.15, 0.2) is 6.29 Å². The highest BCUT2D eigenvalue weighted by molar-refractivity contribution is 6.33. The summed E-state index contributed by atoms with van der Waals surface area (Å²) >= 11 is 6.14. The van der Waals surface area contributed by atoms with Gasteiger partial charge in [0.1, 0.15) is 0 Å². The summed E-state index contributed by atoms with van der Waals surface area (Å²) in [5, 5.41) is 0.542. The number of carbonyl (C=O) groups is 1. The van der Waals surface area contributed by atoms with E-state index in [0.29, 0.717) is 16.6 Å². The number of hydrogen-bond acceptors (Lipinski definition) is 3. The zero-order chi connectivity index (χ0) is 13.8. The highest BCUT2D eigenvalue weighted by atomic mass is 35.5. The number of anilines is 1. The van der Waals surface area contributed by atoms with Crippen LogP contribution < -0.4 is 4.90 Å². The molecule has 1 unspecified atom stereocenters. The first kappa shape index (κ1) is 14.4. The second-order valence-corrected chi connectivity index (χ2v) is 5.60. The highest BCUT2D eigenvalue weighted by Crippen LogP contribution is 2.26. The third-order valence-corrected chi connectivity index (χ3v) is 4.14. The van der Waals surface area contributed by atoms with Crippen LogP contribution in [0, 0.1) is 0 Å². The third kappa shape index (κ3) is 3.28. The Morgan fingerprint density at radius 2 is 2.21 bits per heavy atom. The molecule has 0 aliphatic carbocycles. The van der Waals surface area contributed by atoms with Crippen molar-refractivity contribution in [3.63, 3.8) is 0 Å². The van der Waals surface area contributed by atoms with Crippen molar-refractivity contribution in [1.29, 1.82) is 0 Å². The van der Waals surface area contributed by atoms with Gasteiger partial charge in [0.05, 0.1) is 5.02 Å². The van der Waals surface area contributed by atoms with E-state index < -0.39 is 0 Å². The van der Waals surface area contributed by atoms with Crippen molar-refractivity contribution in [3.05, 3.63) is 28.8 Å². The molecule has 1 atom stereocenters. The number of likely N-dealkylation sites (N-methyl/N-ethyl adjacent to an activating group) is 1. The first-order valence-electron chi connectivity index (χ1n) is 6.85. The molecule has 1 fully saturated rings. The Morgan fingerprint density at radius 3 is 2.84 bits per heavy atom. The maximum Gasteiger partial charge on any atom is 0.151 e. The molecule has 0 amide bonds. The number of hydrogen-bond donors (Lipinski definition) is 0. The average Bonchev–Trinajstić information content (AvgIpc) is 2.60. The molecule has 3 nitrogen and oxygen atoms in total. The molecule has 1 heterocycles. The molecule has 19 heavy (non-hydrogen) atoms. The summed E-state index contributed by atoms with van der Waals surface area (Å²) in [6, 6.07) is 6.24. The number of nitrogens with zero attached hydrogens (tertiary/aromatic N) is 2. The lowest BCUT2D eigenvalue weighted by Gasteiger charge is -2.32. The fourth-order valence-electron chi connectivity index (χ4n) is 2.72. The van der Waals surface area contributed by atoms with Crippen LogP contribution in [0.15, 0.2) is 18.2 Å². The first-order valence-corrected chi connectivity index (χ1v) is 7.23. The van der Waals surface area contributed by atoms with Gasteiger partial charge in [-0.3, -0.25) is 4.79 Å². The van der Waals surface area contributed by atoms with Gasteiger partial charge in [0, 0.05) is 30.4 Å². The summed E-state index contributed by atoms with van der Waals surface area (Å²) in [6.07, 6.45) is 3.07. The van der Waals surface area contributed by atoms with Gasteiger partial charge in [0.2, 0.25) is 0 Å². The summed E-state index contributed by atoms with van der Waals surface area (Å²) in [7, 11) is 2.18. The summed E-state index contributed by atoms with van der Waals surface area (Å²) < 4.78 is 0. The lowest BCUT2D eigenvalue weighted by molar-refractivity contribution is 0.112. The maximum atomic E-state index is 10.8. The van der Waals surface area contributed by atoms with Crippen molar-refractivity contribution in [2.45, 2.75) is 25.8 Å². The first-order chi connectivity index (χ1) is 9.15. The molecular weight excluding hydrogens is 260 g/mol. The highest BCUT2D eigenvalue weighted by Gasteiger charge is 2.22. The molecule has 104 valence electrons. The van der Waals surface area contributed by atoms with E-state index in [2.05, 4.69) is 23.8 Å². The molecule has 1 aromatic carbocycles. The summed E-state index contributed by atoms with van der Waals surface area (Å²) in [4.78, 5) is 15.6. The minimum atomic E-state index is 0.505. The van der Waals surface area contributed by atoms with Crippen molar-refractivity contribution in [1.82, 2.24) is 4.90 Å². The molecule has 1 aliphatic rings. The van der Waals surface area contributed by atoms with Crippen molar-refractivity contribution in [3.8, 4) is 0 Å². The predicted octanol–water partition coefficient (Wildman–Crippen LogP) is 3.07. The van der Waals surface area contributed by atoms with E-state index in [9.17, 15) is 4.79 Å². The Bertz CT molecular complexity index is 450. The van der Waals surface area contributed by atoms with Crippen LogP contribution in [0.3, 0.4) is 0 Å². The van der Waals surface area contributed by atoms with Gasteiger partial charge in [-0.25, -0.2) is 0 Å². The fraction of sp³-hybridized carbons (Fsp3) is 0.533. The lowest BCUT2D eigenvalue weighted by Crippen LogP contribution is -2.39. The van der Waals surface area contributed by atoms with Crippen LogP contribution in [0.2, 0.25) is 5.02 Å². The number of aldehydes is 1. The molecule has 1 aromatic rings. The normalized spacial score (nSPS) is 21.2. The number of halogens is 1. The van der Waals surface area contributed by atoms with Gasteiger partial charge in [-0.2, -0.15) is 0 Å². The van der Waals surface area contributed by atoms with Gasteiger partial charge in [-0.15, -0.1) is 0 Å². The van der Waals surface area contributed by atoms with Crippen molar-refractivity contribution < 1.29 is 4.79 Å². The lowest BCUT2D eigenvalue weighted by atomic mass is 10.1. The maximum absolute atomic E-state index is 10.8. The number of benzene rings is 1. The Kier molecular flexibility index (Phi) is 4.83. The minimum absolute atomic E-state index is 0.505. The summed E-state index contributed by atoms with van der Waals surface area (Å²) in [5.74, 6) is 0. The van der Waals surface area contributed by atoms with Crippen LogP contribution in [0.5, 0.6) is 0 Å². The van der Waals surface area contributed by atoms with E-state index in [0.717, 1.165) is 44.4 Å². The van der Waals surface area contributed by atoms with Crippen molar-refractivity contribution in [2.75, 3.05) is 31.6 Å². The third-order valence-electron chi connectivity index (χ3n) is 3.82. The molecule has 4 heteroatoms. The van der Waals surface area contributed by atoms with E-state index in [1.54, 1.807) is 0 Å². The van der Waals surface area contributed by atoms with Crippen LogP contribution in [-0.4, -0.2) is 43.9 Å². The quantitative estimate of drug-likeness (QED) is 0.795. The van der Waals surface area contributed by atoms with Crippen LogP contribution >= 0.6 is 11.6 Å². The number of rotatable bonds is 3. The molecule has 1 aliphatic heterocycles. The van der Waals surface area contributed by atoms with Crippen LogP contribution in [-0.2, 0) is 0 Å². The Labute approximate surface area is 120 Å². The molecule has 0 radical (unpaired) electrons. The SMILES string of the molecule is CCC1CN(C)CCCN1c1ccc(C=O)c(Cl)c1. The van der Waals surface area contributed by atoms with Gasteiger partial charge >= 0.3 is 0 Å². The van der Waals surface area contributed by atoms with Gasteiger partial charge in [-0.1, -0.05) is 18.5 Å². The van der Waals surface area contributed by atoms with Crippen LogP contribution in [0.25, 0.3) is 0 Å². The smallest absolute Gasteiger partial charge is 0.151 e. The minimum Gasteiger partial charge on any atom is -0.367 e. The molecular formula is C15H21ClN2O. The second kappa shape index (κ2) is 6.40. The Morgan fingerprint density at radius 1 is 1.42 bits per heavy atom. The molecule has 1 saturated heterocycles. The molecule has 0 aromatic heterocycles. The number of carbonyl (C=O) groups excluding carboxylic acids is 1. The molecule has 0 spiro atoms. The van der Waals surface area contributed by atoms with Crippen molar-refractivity contribution >= 4 is 23.6 Å². The van der Waals surface area contributed by atoms with E-state index in [1.807, 2.05) is 18.2 Å². The van der Waals surface area contributed by atoms with E-state index in [-0.39, 0.29) is 0 Å². The molecule has 0 N–H and O–H groups in total. The van der Waals surface area contributed by atoms with Crippen LogP contribution in [0.4, 0.5) is 5.69 Å². The van der Waals surface area contributed by atoms with E-state index in [4.69, 9.17) is 11.6 Å². The van der Waals surface area contributed by atoms with E-state index in [1.165, 1.54) is 0 Å². The van der Waals surface area contributed by atoms with Crippen molar-refractivity contribution in [2.24, 2.45) is 0 Å². The standard InChI is InChI=1S/C15H21ClN2O/c1-3-13-10-17(2)7-4-8-18(13)14-6-5-12(11-19)15(16)9-14/h5-6,9,11,13H,3-4,7-8,10H2,1-2H3. The molecule has 0 bridgehead atoms.